The van der Waals surface area contributed by atoms with Gasteiger partial charge in [0, 0.05) is 11.6 Å². The molecule has 0 saturated carbocycles. The van der Waals surface area contributed by atoms with Crippen molar-refractivity contribution in [1.82, 2.24) is 0 Å². The van der Waals surface area contributed by atoms with Crippen LogP contribution in [0.4, 0.5) is 5.69 Å². The number of hydrogen-bond acceptors (Lipinski definition) is 6. The Morgan fingerprint density at radius 3 is 2.57 bits per heavy atom. The summed E-state index contributed by atoms with van der Waals surface area (Å²) in [5.41, 5.74) is 1.65. The molecule has 1 N–H and O–H groups in total. The predicted octanol–water partition coefficient (Wildman–Crippen LogP) is 3.68. The molecule has 2 aromatic carbocycles. The molecule has 1 amide bonds. The summed E-state index contributed by atoms with van der Waals surface area (Å²) in [4.78, 5) is 24.3. The summed E-state index contributed by atoms with van der Waals surface area (Å²) < 4.78 is 21.5. The lowest BCUT2D eigenvalue weighted by atomic mass is 10.1. The van der Waals surface area contributed by atoms with Crippen LogP contribution in [0.5, 0.6) is 23.0 Å². The first kappa shape index (κ1) is 19.3. The number of ketones is 1. The minimum absolute atomic E-state index is 0.0796. The van der Waals surface area contributed by atoms with Gasteiger partial charge in [-0.2, -0.15) is 0 Å². The number of anilines is 1. The van der Waals surface area contributed by atoms with E-state index >= 15 is 0 Å². The molecule has 146 valence electrons. The number of fused-ring (bicyclic) bond motifs is 1. The van der Waals surface area contributed by atoms with Gasteiger partial charge in [-0.1, -0.05) is 18.2 Å². The summed E-state index contributed by atoms with van der Waals surface area (Å²) in [5, 5.41) is 2.69. The molecule has 0 saturated heterocycles. The molecule has 2 aromatic rings. The number of hydrogen-bond donors (Lipinski definition) is 1. The second-order valence-corrected chi connectivity index (χ2v) is 6.05. The predicted molar refractivity (Wildman–Crippen MR) is 104 cm³/mol. The van der Waals surface area contributed by atoms with Crippen molar-refractivity contribution in [1.29, 1.82) is 0 Å². The first-order valence-corrected chi connectivity index (χ1v) is 8.69. The van der Waals surface area contributed by atoms with E-state index in [1.807, 2.05) is 31.2 Å². The van der Waals surface area contributed by atoms with E-state index in [0.29, 0.717) is 34.2 Å². The highest BCUT2D eigenvalue weighted by Gasteiger charge is 2.20. The number of nitrogens with one attached hydrogen (secondary N) is 1. The average Bonchev–Trinajstić information content (AvgIpc) is 3.13. The third-order valence-corrected chi connectivity index (χ3v) is 4.07. The average molecular weight is 383 g/mol. The van der Waals surface area contributed by atoms with Gasteiger partial charge in [-0.05, 0) is 37.6 Å². The van der Waals surface area contributed by atoms with Crippen LogP contribution in [0.2, 0.25) is 0 Å². The molecule has 0 radical (unpaired) electrons. The maximum absolute atomic E-state index is 12.4. The van der Waals surface area contributed by atoms with Crippen LogP contribution in [0, 0.1) is 0 Å². The smallest absolute Gasteiger partial charge is 0.262 e. The number of benzene rings is 2. The van der Waals surface area contributed by atoms with Crippen molar-refractivity contribution in [3.05, 3.63) is 47.5 Å². The summed E-state index contributed by atoms with van der Waals surface area (Å²) in [7, 11) is 1.54. The van der Waals surface area contributed by atoms with E-state index in [-0.39, 0.29) is 19.2 Å². The molecule has 28 heavy (non-hydrogen) atoms. The van der Waals surface area contributed by atoms with Gasteiger partial charge in [0.05, 0.1) is 12.8 Å². The fourth-order valence-corrected chi connectivity index (χ4v) is 2.77. The Morgan fingerprint density at radius 2 is 1.89 bits per heavy atom. The number of carbonyl (C=O) groups excluding carboxylic acids is 2. The number of ether oxygens (including phenoxy) is 4. The van der Waals surface area contributed by atoms with Gasteiger partial charge in [-0.15, -0.1) is 0 Å². The van der Waals surface area contributed by atoms with Crippen LogP contribution in [0.25, 0.3) is 6.08 Å². The van der Waals surface area contributed by atoms with E-state index < -0.39 is 5.91 Å². The summed E-state index contributed by atoms with van der Waals surface area (Å²) >= 11 is 0. The number of methoxy groups -OCH3 is 1. The minimum Gasteiger partial charge on any atom is -0.493 e. The number of carbonyl (C=O) groups is 2. The molecular weight excluding hydrogens is 362 g/mol. The molecule has 0 aliphatic carbocycles. The lowest BCUT2D eigenvalue weighted by Crippen LogP contribution is -2.21. The van der Waals surface area contributed by atoms with Crippen molar-refractivity contribution in [2.24, 2.45) is 0 Å². The zero-order valence-corrected chi connectivity index (χ0v) is 15.9. The topological polar surface area (TPSA) is 83.1 Å². The Balaban J connectivity index is 1.71. The van der Waals surface area contributed by atoms with Crippen LogP contribution in [-0.4, -0.2) is 32.2 Å². The molecule has 0 spiro atoms. The van der Waals surface area contributed by atoms with Crippen molar-refractivity contribution in [2.45, 2.75) is 13.8 Å². The fraction of sp³-hybridized carbons (Fsp3) is 0.238. The molecule has 0 atom stereocenters. The van der Waals surface area contributed by atoms with Gasteiger partial charge >= 0.3 is 0 Å². The molecule has 3 rings (SSSR count). The van der Waals surface area contributed by atoms with E-state index in [1.165, 1.54) is 14.0 Å². The van der Waals surface area contributed by atoms with Crippen LogP contribution in [0.15, 0.2) is 36.4 Å². The van der Waals surface area contributed by atoms with Crippen molar-refractivity contribution in [3.8, 4) is 23.0 Å². The third-order valence-electron chi connectivity index (χ3n) is 4.07. The molecule has 0 bridgehead atoms. The van der Waals surface area contributed by atoms with Gasteiger partial charge < -0.3 is 24.3 Å². The molecule has 7 nitrogen and oxygen atoms in total. The Kier molecular flexibility index (Phi) is 5.84. The maximum atomic E-state index is 12.4. The Bertz CT molecular complexity index is 935. The lowest BCUT2D eigenvalue weighted by Gasteiger charge is -2.13. The summed E-state index contributed by atoms with van der Waals surface area (Å²) in [6.45, 7) is 3.18. The van der Waals surface area contributed by atoms with Gasteiger partial charge in [-0.3, -0.25) is 9.59 Å². The Morgan fingerprint density at radius 1 is 1.14 bits per heavy atom. The minimum atomic E-state index is -0.416. The maximum Gasteiger partial charge on any atom is 0.262 e. The summed E-state index contributed by atoms with van der Waals surface area (Å²) in [6, 6.07) is 8.55. The highest BCUT2D eigenvalue weighted by Crippen LogP contribution is 2.37. The molecule has 1 heterocycles. The number of rotatable bonds is 7. The molecule has 1 aliphatic heterocycles. The highest BCUT2D eigenvalue weighted by molar-refractivity contribution is 6.04. The van der Waals surface area contributed by atoms with Gasteiger partial charge in [-0.25, -0.2) is 0 Å². The normalized spacial score (nSPS) is 12.1. The molecule has 0 fully saturated rings. The van der Waals surface area contributed by atoms with E-state index in [4.69, 9.17) is 18.9 Å². The van der Waals surface area contributed by atoms with Crippen LogP contribution in [0.3, 0.4) is 0 Å². The molecule has 7 heteroatoms. The third kappa shape index (κ3) is 4.25. The second kappa shape index (κ2) is 8.47. The van der Waals surface area contributed by atoms with Crippen molar-refractivity contribution >= 4 is 23.5 Å². The van der Waals surface area contributed by atoms with Crippen molar-refractivity contribution in [2.75, 3.05) is 25.8 Å². The number of amides is 1. The lowest BCUT2D eigenvalue weighted by molar-refractivity contribution is -0.118. The number of Topliss-reactive ketones (excluding diaryl/α,β-unsaturated/α-hetero) is 1. The largest absolute Gasteiger partial charge is 0.493 e. The molecule has 0 aromatic heterocycles. The molecule has 1 aliphatic rings. The van der Waals surface area contributed by atoms with Gasteiger partial charge in [0.2, 0.25) is 6.79 Å². The quantitative estimate of drug-likeness (QED) is 0.735. The summed E-state index contributed by atoms with van der Waals surface area (Å²) in [6.07, 6.45) is 3.85. The highest BCUT2D eigenvalue weighted by atomic mass is 16.7. The van der Waals surface area contributed by atoms with Gasteiger partial charge in [0.1, 0.15) is 0 Å². The van der Waals surface area contributed by atoms with E-state index in [0.717, 1.165) is 5.56 Å². The fourth-order valence-electron chi connectivity index (χ4n) is 2.77. The SMILES string of the molecule is C/C=C/c1ccc(OCC(=O)Nc2cc3c(cc2C(C)=O)OCO3)c(OC)c1. The van der Waals surface area contributed by atoms with Crippen LogP contribution in [0.1, 0.15) is 29.8 Å². The van der Waals surface area contributed by atoms with Crippen LogP contribution in [-0.2, 0) is 4.79 Å². The summed E-state index contributed by atoms with van der Waals surface area (Å²) in [5.74, 6) is 1.31. The standard InChI is InChI=1S/C21H21NO6/c1-4-5-14-6-7-17(18(8-14)25-3)26-11-21(24)22-16-10-20-19(27-12-28-20)9-15(16)13(2)23/h4-10H,11-12H2,1-3H3,(H,22,24)/b5-4+. The first-order valence-electron chi connectivity index (χ1n) is 8.69. The van der Waals surface area contributed by atoms with E-state index in [1.54, 1.807) is 18.2 Å². The van der Waals surface area contributed by atoms with Crippen LogP contribution < -0.4 is 24.3 Å². The van der Waals surface area contributed by atoms with Crippen LogP contribution >= 0.6 is 0 Å². The van der Waals surface area contributed by atoms with E-state index in [9.17, 15) is 9.59 Å². The molecule has 0 unspecified atom stereocenters. The zero-order valence-electron chi connectivity index (χ0n) is 15.9. The Labute approximate surface area is 162 Å². The second-order valence-electron chi connectivity index (χ2n) is 6.05. The zero-order chi connectivity index (χ0) is 20.1. The molecular formula is C21H21NO6. The van der Waals surface area contributed by atoms with Crippen molar-refractivity contribution < 1.29 is 28.5 Å². The van der Waals surface area contributed by atoms with Gasteiger partial charge in [0.15, 0.2) is 35.4 Å². The first-order chi connectivity index (χ1) is 13.5. The van der Waals surface area contributed by atoms with Gasteiger partial charge in [0.25, 0.3) is 5.91 Å². The number of allylic oxidation sites excluding steroid dienone is 1. The van der Waals surface area contributed by atoms with Crippen molar-refractivity contribution in [3.63, 3.8) is 0 Å². The monoisotopic (exact) mass is 383 g/mol. The van der Waals surface area contributed by atoms with E-state index in [2.05, 4.69) is 5.32 Å². The Hall–Kier alpha value is -3.48.